The molecule has 1 saturated heterocycles. The largest absolute Gasteiger partial charge is 0.356 e. The smallest absolute Gasteiger partial charge is 0.257 e. The Balaban J connectivity index is 1.42. The summed E-state index contributed by atoms with van der Waals surface area (Å²) in [7, 11) is 0. The van der Waals surface area contributed by atoms with Gasteiger partial charge in [0.2, 0.25) is 5.91 Å². The van der Waals surface area contributed by atoms with Gasteiger partial charge in [-0.3, -0.25) is 9.59 Å². The summed E-state index contributed by atoms with van der Waals surface area (Å²) >= 11 is 9.67. The van der Waals surface area contributed by atoms with E-state index in [2.05, 4.69) is 24.5 Å². The molecule has 0 radical (unpaired) electrons. The first-order valence-electron chi connectivity index (χ1n) is 11.2. The van der Waals surface area contributed by atoms with Crippen molar-refractivity contribution in [2.75, 3.05) is 18.1 Å². The summed E-state index contributed by atoms with van der Waals surface area (Å²) in [4.78, 5) is 26.0. The van der Waals surface area contributed by atoms with Gasteiger partial charge in [0.15, 0.2) is 0 Å². The topological polar surface area (TPSA) is 58.2 Å². The molecule has 0 spiro atoms. The number of fused-ring (bicyclic) bond motifs is 1. The van der Waals surface area contributed by atoms with Gasteiger partial charge in [-0.15, -0.1) is 11.8 Å². The molecule has 4 nitrogen and oxygen atoms in total. The van der Waals surface area contributed by atoms with Gasteiger partial charge >= 0.3 is 0 Å². The average molecular weight is 481 g/mol. The number of carbonyl (C=O) groups is 2. The fourth-order valence-corrected chi connectivity index (χ4v) is 6.61. The lowest BCUT2D eigenvalue weighted by Crippen LogP contribution is -2.51. The molecular formula is C24H33ClN2O2S2. The molecule has 1 aliphatic heterocycles. The van der Waals surface area contributed by atoms with Gasteiger partial charge in [-0.2, -0.15) is 11.8 Å². The molecule has 2 fully saturated rings. The molecule has 3 unspecified atom stereocenters. The van der Waals surface area contributed by atoms with Crippen LogP contribution >= 0.6 is 35.1 Å². The third kappa shape index (κ3) is 7.76. The summed E-state index contributed by atoms with van der Waals surface area (Å²) in [6.07, 6.45) is 6.71. The van der Waals surface area contributed by atoms with Crippen LogP contribution in [-0.2, 0) is 9.59 Å². The Kier molecular flexibility index (Phi) is 9.67. The molecule has 7 heteroatoms. The lowest BCUT2D eigenvalue weighted by Gasteiger charge is -2.39. The first-order chi connectivity index (χ1) is 14.9. The second kappa shape index (κ2) is 12.2. The van der Waals surface area contributed by atoms with Crippen LogP contribution in [0, 0.1) is 11.8 Å². The number of benzene rings is 1. The molecule has 0 aromatic heterocycles. The van der Waals surface area contributed by atoms with Gasteiger partial charge in [-0.1, -0.05) is 37.6 Å². The van der Waals surface area contributed by atoms with E-state index in [9.17, 15) is 9.59 Å². The molecule has 2 amide bonds. The SMILES string of the molecule is CC(C)CCSCCCNC(=O)C1CCC2S/C(=C/c3cccc(Cl)c3)C(=O)NC2C1. The molecule has 170 valence electrons. The van der Waals surface area contributed by atoms with Crippen molar-refractivity contribution in [1.82, 2.24) is 10.6 Å². The fourth-order valence-electron chi connectivity index (χ4n) is 3.93. The Morgan fingerprint density at radius 1 is 1.35 bits per heavy atom. The average Bonchev–Trinajstić information content (AvgIpc) is 2.73. The van der Waals surface area contributed by atoms with E-state index in [0.717, 1.165) is 54.4 Å². The third-order valence-corrected chi connectivity index (χ3v) is 8.49. The number of hydrogen-bond acceptors (Lipinski definition) is 4. The maximum absolute atomic E-state index is 12.6. The number of carbonyl (C=O) groups excluding carboxylic acids is 2. The van der Waals surface area contributed by atoms with Crippen LogP contribution in [0.3, 0.4) is 0 Å². The van der Waals surface area contributed by atoms with E-state index >= 15 is 0 Å². The number of hydrogen-bond donors (Lipinski definition) is 2. The van der Waals surface area contributed by atoms with Crippen molar-refractivity contribution < 1.29 is 9.59 Å². The monoisotopic (exact) mass is 480 g/mol. The van der Waals surface area contributed by atoms with Crippen LogP contribution in [0.1, 0.15) is 51.5 Å². The highest BCUT2D eigenvalue weighted by Gasteiger charge is 2.39. The number of amides is 2. The first-order valence-corrected chi connectivity index (χ1v) is 13.6. The molecule has 1 aliphatic carbocycles. The summed E-state index contributed by atoms with van der Waals surface area (Å²) in [5, 5.41) is 7.24. The number of rotatable bonds is 9. The van der Waals surface area contributed by atoms with Crippen LogP contribution in [0.5, 0.6) is 0 Å². The van der Waals surface area contributed by atoms with E-state index in [1.807, 2.05) is 42.1 Å². The lowest BCUT2D eigenvalue weighted by atomic mass is 9.84. The van der Waals surface area contributed by atoms with E-state index in [0.29, 0.717) is 10.3 Å². The summed E-state index contributed by atoms with van der Waals surface area (Å²) in [5.74, 6) is 3.13. The second-order valence-electron chi connectivity index (χ2n) is 8.75. The van der Waals surface area contributed by atoms with E-state index in [-0.39, 0.29) is 23.8 Å². The van der Waals surface area contributed by atoms with Gasteiger partial charge in [-0.05, 0) is 73.3 Å². The quantitative estimate of drug-likeness (QED) is 0.368. The van der Waals surface area contributed by atoms with Crippen molar-refractivity contribution in [2.24, 2.45) is 11.8 Å². The molecule has 3 atom stereocenters. The highest BCUT2D eigenvalue weighted by molar-refractivity contribution is 8.04. The molecule has 2 N–H and O–H groups in total. The summed E-state index contributed by atoms with van der Waals surface area (Å²) in [6.45, 7) is 5.24. The van der Waals surface area contributed by atoms with E-state index < -0.39 is 0 Å². The van der Waals surface area contributed by atoms with Crippen LogP contribution in [0.15, 0.2) is 29.2 Å². The van der Waals surface area contributed by atoms with Gasteiger partial charge in [0.25, 0.3) is 5.91 Å². The summed E-state index contributed by atoms with van der Waals surface area (Å²) in [5.41, 5.74) is 0.930. The highest BCUT2D eigenvalue weighted by Crippen LogP contribution is 2.40. The van der Waals surface area contributed by atoms with Crippen LogP contribution in [0.4, 0.5) is 0 Å². The number of nitrogens with one attached hydrogen (secondary N) is 2. The number of thioether (sulfide) groups is 2. The minimum atomic E-state index is -0.0503. The Bertz CT molecular complexity index is 800. The molecule has 31 heavy (non-hydrogen) atoms. The minimum absolute atomic E-state index is 0.00537. The second-order valence-corrected chi connectivity index (χ2v) is 11.7. The molecule has 1 saturated carbocycles. The zero-order valence-electron chi connectivity index (χ0n) is 18.4. The maximum atomic E-state index is 12.6. The molecule has 1 aromatic rings. The van der Waals surface area contributed by atoms with Crippen LogP contribution < -0.4 is 10.6 Å². The first kappa shape index (κ1) is 24.5. The van der Waals surface area contributed by atoms with Crippen LogP contribution in [0.2, 0.25) is 5.02 Å². The molecule has 0 bridgehead atoms. The summed E-state index contributed by atoms with van der Waals surface area (Å²) < 4.78 is 0. The van der Waals surface area contributed by atoms with E-state index in [1.165, 1.54) is 12.2 Å². The maximum Gasteiger partial charge on any atom is 0.257 e. The van der Waals surface area contributed by atoms with Gasteiger partial charge in [0.1, 0.15) is 0 Å². The van der Waals surface area contributed by atoms with Crippen molar-refractivity contribution in [3.8, 4) is 0 Å². The van der Waals surface area contributed by atoms with Crippen molar-refractivity contribution in [1.29, 1.82) is 0 Å². The lowest BCUT2D eigenvalue weighted by molar-refractivity contribution is -0.127. The predicted molar refractivity (Wildman–Crippen MR) is 134 cm³/mol. The zero-order valence-corrected chi connectivity index (χ0v) is 20.8. The Morgan fingerprint density at radius 3 is 2.97 bits per heavy atom. The van der Waals surface area contributed by atoms with Gasteiger partial charge < -0.3 is 10.6 Å². The van der Waals surface area contributed by atoms with Gasteiger partial charge in [0, 0.05) is 28.8 Å². The van der Waals surface area contributed by atoms with Crippen molar-refractivity contribution in [2.45, 2.75) is 57.2 Å². The van der Waals surface area contributed by atoms with Crippen LogP contribution in [0.25, 0.3) is 6.08 Å². The Labute approximate surface area is 199 Å². The van der Waals surface area contributed by atoms with Gasteiger partial charge in [-0.25, -0.2) is 0 Å². The van der Waals surface area contributed by atoms with E-state index in [4.69, 9.17) is 11.6 Å². The third-order valence-electron chi connectivity index (χ3n) is 5.73. The van der Waals surface area contributed by atoms with Gasteiger partial charge in [0.05, 0.1) is 4.91 Å². The number of halogens is 1. The molecule has 1 aromatic carbocycles. The molecular weight excluding hydrogens is 448 g/mol. The molecule has 1 heterocycles. The zero-order chi connectivity index (χ0) is 22.2. The standard InChI is InChI=1S/C24H33ClN2O2S2/c1-16(2)9-12-30-11-4-10-26-23(28)18-7-8-21-20(15-18)27-24(29)22(31-21)14-17-5-3-6-19(25)13-17/h3,5-6,13-14,16,18,20-21H,4,7-12,15H2,1-2H3,(H,26,28)(H,27,29)/b22-14+. The highest BCUT2D eigenvalue weighted by atomic mass is 35.5. The van der Waals surface area contributed by atoms with Crippen molar-refractivity contribution in [3.63, 3.8) is 0 Å². The minimum Gasteiger partial charge on any atom is -0.356 e. The molecule has 3 rings (SSSR count). The van der Waals surface area contributed by atoms with Crippen LogP contribution in [-0.4, -0.2) is 41.2 Å². The Morgan fingerprint density at radius 2 is 2.19 bits per heavy atom. The van der Waals surface area contributed by atoms with Crippen molar-refractivity contribution in [3.05, 3.63) is 39.8 Å². The molecule has 2 aliphatic rings. The predicted octanol–water partition coefficient (Wildman–Crippen LogP) is 5.37. The Hall–Kier alpha value is -1.11. The normalized spacial score (nSPS) is 24.7. The fraction of sp³-hybridized carbons (Fsp3) is 0.583. The summed E-state index contributed by atoms with van der Waals surface area (Å²) in [6, 6.07) is 7.58. The van der Waals surface area contributed by atoms with Crippen molar-refractivity contribution >= 4 is 53.0 Å². The van der Waals surface area contributed by atoms with E-state index in [1.54, 1.807) is 11.8 Å².